The molecule has 2 rings (SSSR count). The molecule has 0 aromatic heterocycles. The molecule has 138 valence electrons. The fraction of sp³-hybridized carbons (Fsp3) is 0.529. The molecule has 0 bridgehead atoms. The van der Waals surface area contributed by atoms with E-state index in [4.69, 9.17) is 16.3 Å². The van der Waals surface area contributed by atoms with Crippen LogP contribution in [-0.4, -0.2) is 41.6 Å². The summed E-state index contributed by atoms with van der Waals surface area (Å²) in [7, 11) is 0. The van der Waals surface area contributed by atoms with E-state index in [9.17, 15) is 14.0 Å². The van der Waals surface area contributed by atoms with Crippen molar-refractivity contribution in [2.75, 3.05) is 13.1 Å². The molecule has 1 fully saturated rings. The van der Waals surface area contributed by atoms with Crippen LogP contribution in [-0.2, 0) is 4.74 Å². The molecule has 1 saturated heterocycles. The van der Waals surface area contributed by atoms with E-state index in [0.717, 1.165) is 18.9 Å². The lowest BCUT2D eigenvalue weighted by Crippen LogP contribution is -2.50. The Bertz CT molecular complexity index is 679. The van der Waals surface area contributed by atoms with Gasteiger partial charge in [0, 0.05) is 23.6 Å². The van der Waals surface area contributed by atoms with E-state index >= 15 is 0 Å². The van der Waals surface area contributed by atoms with Crippen molar-refractivity contribution < 1.29 is 18.7 Å². The number of carbonyl (C=O) groups is 2. The monoisotopic (exact) mass is 434 g/mol. The van der Waals surface area contributed by atoms with E-state index < -0.39 is 17.5 Å². The van der Waals surface area contributed by atoms with Gasteiger partial charge in [-0.15, -0.1) is 0 Å². The van der Waals surface area contributed by atoms with Crippen LogP contribution < -0.4 is 5.32 Å². The van der Waals surface area contributed by atoms with Gasteiger partial charge >= 0.3 is 6.09 Å². The van der Waals surface area contributed by atoms with Crippen LogP contribution in [0.15, 0.2) is 16.6 Å². The number of carbonyl (C=O) groups excluding carboxylic acids is 2. The highest BCUT2D eigenvalue weighted by molar-refractivity contribution is 9.10. The number of alkyl carbamates (subject to hydrolysis) is 1. The summed E-state index contributed by atoms with van der Waals surface area (Å²) in [5.41, 5.74) is -0.484. The van der Waals surface area contributed by atoms with Gasteiger partial charge in [-0.2, -0.15) is 0 Å². The standard InChI is InChI=1S/C17H21BrClFN2O3/c1-17(2,3)25-16(24)21-11-5-4-6-22(9-11)15(23)12-7-10(20)8-13(18)14(12)19/h7-8,11H,4-6,9H2,1-3H3,(H,21,24). The van der Waals surface area contributed by atoms with Gasteiger partial charge in [0.25, 0.3) is 5.91 Å². The summed E-state index contributed by atoms with van der Waals surface area (Å²) in [6.45, 7) is 6.20. The van der Waals surface area contributed by atoms with Crippen molar-refractivity contribution in [2.45, 2.75) is 45.3 Å². The number of ether oxygens (including phenoxy) is 1. The molecule has 1 aliphatic heterocycles. The van der Waals surface area contributed by atoms with Crippen molar-refractivity contribution in [3.63, 3.8) is 0 Å². The number of hydrogen-bond donors (Lipinski definition) is 1. The molecule has 1 N–H and O–H groups in total. The summed E-state index contributed by atoms with van der Waals surface area (Å²) in [5, 5.41) is 2.95. The molecular weight excluding hydrogens is 415 g/mol. The Morgan fingerprint density at radius 2 is 2.08 bits per heavy atom. The second kappa shape index (κ2) is 7.91. The topological polar surface area (TPSA) is 58.6 Å². The highest BCUT2D eigenvalue weighted by atomic mass is 79.9. The van der Waals surface area contributed by atoms with Crippen LogP contribution in [0.25, 0.3) is 0 Å². The molecule has 2 amide bonds. The number of benzene rings is 1. The van der Waals surface area contributed by atoms with Gasteiger partial charge in [0.15, 0.2) is 0 Å². The van der Waals surface area contributed by atoms with Gasteiger partial charge in [-0.1, -0.05) is 11.6 Å². The van der Waals surface area contributed by atoms with Crippen LogP contribution >= 0.6 is 27.5 Å². The summed E-state index contributed by atoms with van der Waals surface area (Å²) >= 11 is 9.27. The maximum absolute atomic E-state index is 13.6. The van der Waals surface area contributed by atoms with Gasteiger partial charge in [-0.25, -0.2) is 9.18 Å². The van der Waals surface area contributed by atoms with E-state index in [2.05, 4.69) is 21.2 Å². The second-order valence-corrected chi connectivity index (χ2v) is 8.22. The van der Waals surface area contributed by atoms with Crippen molar-refractivity contribution in [1.82, 2.24) is 10.2 Å². The minimum Gasteiger partial charge on any atom is -0.444 e. The quantitative estimate of drug-likeness (QED) is 0.702. The van der Waals surface area contributed by atoms with E-state index in [1.54, 1.807) is 25.7 Å². The number of nitrogens with zero attached hydrogens (tertiary/aromatic N) is 1. The zero-order chi connectivity index (χ0) is 18.8. The third kappa shape index (κ3) is 5.57. The number of hydrogen-bond acceptors (Lipinski definition) is 3. The van der Waals surface area contributed by atoms with Gasteiger partial charge in [-0.05, 0) is 61.7 Å². The zero-order valence-electron chi connectivity index (χ0n) is 14.4. The molecule has 1 heterocycles. The summed E-state index contributed by atoms with van der Waals surface area (Å²) < 4.78 is 19.2. The summed E-state index contributed by atoms with van der Waals surface area (Å²) in [6, 6.07) is 2.12. The Balaban J connectivity index is 2.06. The summed E-state index contributed by atoms with van der Waals surface area (Å²) in [6.07, 6.45) is 0.947. The molecule has 5 nitrogen and oxygen atoms in total. The average molecular weight is 436 g/mol. The first-order valence-corrected chi connectivity index (χ1v) is 9.17. The van der Waals surface area contributed by atoms with Crippen molar-refractivity contribution in [1.29, 1.82) is 0 Å². The smallest absolute Gasteiger partial charge is 0.407 e. The molecule has 0 saturated carbocycles. The van der Waals surface area contributed by atoms with Crippen LogP contribution in [0.5, 0.6) is 0 Å². The highest BCUT2D eigenvalue weighted by Gasteiger charge is 2.28. The first kappa shape index (κ1) is 20.0. The van der Waals surface area contributed by atoms with Crippen LogP contribution in [0.4, 0.5) is 9.18 Å². The molecular formula is C17H21BrClFN2O3. The molecule has 8 heteroatoms. The lowest BCUT2D eigenvalue weighted by Gasteiger charge is -2.33. The molecule has 0 spiro atoms. The van der Waals surface area contributed by atoms with Crippen molar-refractivity contribution in [2.24, 2.45) is 0 Å². The Morgan fingerprint density at radius 1 is 1.40 bits per heavy atom. The third-order valence-corrected chi connectivity index (χ3v) is 4.91. The summed E-state index contributed by atoms with van der Waals surface area (Å²) in [4.78, 5) is 26.2. The maximum Gasteiger partial charge on any atom is 0.407 e. The number of likely N-dealkylation sites (tertiary alicyclic amines) is 1. The fourth-order valence-corrected chi connectivity index (χ4v) is 3.26. The Hall–Kier alpha value is -1.34. The normalized spacial score (nSPS) is 18.0. The van der Waals surface area contributed by atoms with E-state index in [0.29, 0.717) is 17.6 Å². The minimum absolute atomic E-state index is 0.103. The van der Waals surface area contributed by atoms with E-state index in [-0.39, 0.29) is 22.5 Å². The number of amides is 2. The highest BCUT2D eigenvalue weighted by Crippen LogP contribution is 2.29. The van der Waals surface area contributed by atoms with Crippen molar-refractivity contribution in [3.05, 3.63) is 33.0 Å². The molecule has 0 radical (unpaired) electrons. The van der Waals surface area contributed by atoms with Crippen LogP contribution in [0.2, 0.25) is 5.02 Å². The number of piperidine rings is 1. The first-order chi connectivity index (χ1) is 11.6. The minimum atomic E-state index is -0.588. The zero-order valence-corrected chi connectivity index (χ0v) is 16.7. The van der Waals surface area contributed by atoms with Crippen LogP contribution in [0, 0.1) is 5.82 Å². The second-order valence-electron chi connectivity index (χ2n) is 6.99. The Labute approximate surface area is 160 Å². The van der Waals surface area contributed by atoms with E-state index in [1.807, 2.05) is 0 Å². The predicted octanol–water partition coefficient (Wildman–Crippen LogP) is 4.37. The van der Waals surface area contributed by atoms with Gasteiger partial charge < -0.3 is 15.0 Å². The van der Waals surface area contributed by atoms with Crippen molar-refractivity contribution in [3.8, 4) is 0 Å². The molecule has 1 aromatic carbocycles. The molecule has 1 aliphatic rings. The van der Waals surface area contributed by atoms with Crippen LogP contribution in [0.1, 0.15) is 44.0 Å². The average Bonchev–Trinajstić information content (AvgIpc) is 2.48. The summed E-state index contributed by atoms with van der Waals surface area (Å²) in [5.74, 6) is -0.902. The van der Waals surface area contributed by atoms with Gasteiger partial charge in [0.2, 0.25) is 0 Å². The molecule has 0 aliphatic carbocycles. The SMILES string of the molecule is CC(C)(C)OC(=O)NC1CCCN(C(=O)c2cc(F)cc(Br)c2Cl)C1. The van der Waals surface area contributed by atoms with Gasteiger partial charge in [-0.3, -0.25) is 4.79 Å². The number of nitrogens with one attached hydrogen (secondary N) is 1. The molecule has 1 atom stereocenters. The number of halogens is 3. The fourth-order valence-electron chi connectivity index (χ4n) is 2.64. The van der Waals surface area contributed by atoms with Gasteiger partial charge in [0.1, 0.15) is 11.4 Å². The van der Waals surface area contributed by atoms with Crippen LogP contribution in [0.3, 0.4) is 0 Å². The molecule has 25 heavy (non-hydrogen) atoms. The maximum atomic E-state index is 13.6. The number of rotatable bonds is 2. The molecule has 1 aromatic rings. The lowest BCUT2D eigenvalue weighted by molar-refractivity contribution is 0.0452. The first-order valence-electron chi connectivity index (χ1n) is 8.00. The van der Waals surface area contributed by atoms with Gasteiger partial charge in [0.05, 0.1) is 10.6 Å². The Kier molecular flexibility index (Phi) is 6.32. The predicted molar refractivity (Wildman–Crippen MR) is 97.4 cm³/mol. The largest absolute Gasteiger partial charge is 0.444 e. The van der Waals surface area contributed by atoms with E-state index in [1.165, 1.54) is 6.07 Å². The Morgan fingerprint density at radius 3 is 2.72 bits per heavy atom. The third-order valence-electron chi connectivity index (χ3n) is 3.65. The van der Waals surface area contributed by atoms with Crippen molar-refractivity contribution >= 4 is 39.5 Å². The lowest BCUT2D eigenvalue weighted by atomic mass is 10.0. The molecule has 1 unspecified atom stereocenters.